The first kappa shape index (κ1) is 31.7. The number of rotatable bonds is 11. The van der Waals surface area contributed by atoms with Crippen LogP contribution < -0.4 is 20.7 Å². The van der Waals surface area contributed by atoms with E-state index in [4.69, 9.17) is 18.9 Å². The Balaban J connectivity index is 1.34. The average molecular weight is 635 g/mol. The summed E-state index contributed by atoms with van der Waals surface area (Å²) in [4.78, 5) is 40.9. The van der Waals surface area contributed by atoms with Gasteiger partial charge in [0.1, 0.15) is 35.0 Å². The van der Waals surface area contributed by atoms with Crippen LogP contribution >= 0.6 is 0 Å². The Kier molecular flexibility index (Phi) is 9.17. The molecular formula is C37H34N2O8. The number of carbonyl (C=O) groups excluding carboxylic acids is 1. The van der Waals surface area contributed by atoms with Crippen molar-refractivity contribution in [1.29, 1.82) is 0 Å². The van der Waals surface area contributed by atoms with E-state index < -0.39 is 41.1 Å². The first-order valence-electron chi connectivity index (χ1n) is 15.1. The Morgan fingerprint density at radius 2 is 1.36 bits per heavy atom. The first-order valence-corrected chi connectivity index (χ1v) is 15.1. The monoisotopic (exact) mass is 634 g/mol. The first-order chi connectivity index (χ1) is 22.8. The molecule has 240 valence electrons. The number of hydrogen-bond donors (Lipinski definition) is 2. The van der Waals surface area contributed by atoms with Crippen LogP contribution in [0.4, 0.5) is 0 Å². The third kappa shape index (κ3) is 6.26. The van der Waals surface area contributed by atoms with Gasteiger partial charge < -0.3 is 24.1 Å². The minimum atomic E-state index is -1.15. The molecule has 0 spiro atoms. The third-order valence-electron chi connectivity index (χ3n) is 8.40. The van der Waals surface area contributed by atoms with Crippen LogP contribution in [0, 0.1) is 0 Å². The summed E-state index contributed by atoms with van der Waals surface area (Å²) in [7, 11) is 3.20. The van der Waals surface area contributed by atoms with Gasteiger partial charge in [-0.3, -0.25) is 19.1 Å². The van der Waals surface area contributed by atoms with Gasteiger partial charge in [-0.05, 0) is 41.0 Å². The molecule has 3 atom stereocenters. The molecule has 1 aromatic heterocycles. The summed E-state index contributed by atoms with van der Waals surface area (Å²) >= 11 is 0. The van der Waals surface area contributed by atoms with Gasteiger partial charge in [-0.15, -0.1) is 0 Å². The number of carbonyl (C=O) groups is 1. The van der Waals surface area contributed by atoms with Crippen molar-refractivity contribution in [3.8, 4) is 11.5 Å². The molecule has 6 rings (SSSR count). The predicted octanol–water partition coefficient (Wildman–Crippen LogP) is 4.44. The summed E-state index contributed by atoms with van der Waals surface area (Å²) < 4.78 is 25.1. The van der Waals surface area contributed by atoms with Gasteiger partial charge in [-0.1, -0.05) is 84.9 Å². The fourth-order valence-electron chi connectivity index (χ4n) is 5.92. The van der Waals surface area contributed by atoms with Crippen LogP contribution in [-0.2, 0) is 15.1 Å². The second-order valence-corrected chi connectivity index (χ2v) is 11.2. The van der Waals surface area contributed by atoms with Crippen LogP contribution in [0.3, 0.4) is 0 Å². The Bertz CT molecular complexity index is 1890. The highest BCUT2D eigenvalue weighted by atomic mass is 16.6. The lowest BCUT2D eigenvalue weighted by Gasteiger charge is -2.37. The van der Waals surface area contributed by atoms with E-state index in [1.807, 2.05) is 78.9 Å². The number of aliphatic hydroxyl groups excluding tert-OH is 1. The highest BCUT2D eigenvalue weighted by Crippen LogP contribution is 2.42. The zero-order valence-electron chi connectivity index (χ0n) is 25.9. The Labute approximate surface area is 270 Å². The van der Waals surface area contributed by atoms with Crippen molar-refractivity contribution in [2.45, 2.75) is 30.5 Å². The van der Waals surface area contributed by atoms with Crippen molar-refractivity contribution < 1.29 is 28.8 Å². The maximum absolute atomic E-state index is 13.1. The number of benzene rings is 4. The molecule has 4 aromatic carbocycles. The van der Waals surface area contributed by atoms with Crippen molar-refractivity contribution in [3.05, 3.63) is 164 Å². The lowest BCUT2D eigenvalue weighted by Crippen LogP contribution is -2.38. The number of nitrogens with zero attached hydrogens (tertiary/aromatic N) is 1. The van der Waals surface area contributed by atoms with Crippen LogP contribution in [0.1, 0.15) is 45.3 Å². The number of nitrogens with one attached hydrogen (secondary N) is 1. The van der Waals surface area contributed by atoms with Crippen molar-refractivity contribution in [2.75, 3.05) is 20.8 Å². The lowest BCUT2D eigenvalue weighted by atomic mass is 9.80. The molecule has 1 fully saturated rings. The summed E-state index contributed by atoms with van der Waals surface area (Å²) in [6.45, 7) is -0.0709. The van der Waals surface area contributed by atoms with Gasteiger partial charge in [0.25, 0.3) is 5.56 Å². The second kappa shape index (κ2) is 13.6. The summed E-state index contributed by atoms with van der Waals surface area (Å²) in [5.41, 5.74) is -0.171. The molecule has 2 N–H and O–H groups in total. The summed E-state index contributed by atoms with van der Waals surface area (Å²) in [6, 6.07) is 33.1. The Hall–Kier alpha value is -5.29. The van der Waals surface area contributed by atoms with E-state index in [-0.39, 0.29) is 18.6 Å². The summed E-state index contributed by atoms with van der Waals surface area (Å²) in [5, 5.41) is 11.2. The van der Waals surface area contributed by atoms with Crippen LogP contribution in [0.2, 0.25) is 0 Å². The number of ketones is 1. The molecule has 0 unspecified atom stereocenters. The van der Waals surface area contributed by atoms with Crippen LogP contribution in [0.15, 0.2) is 125 Å². The van der Waals surface area contributed by atoms with Crippen LogP contribution in [0.25, 0.3) is 0 Å². The number of aromatic nitrogens is 2. The molecule has 0 saturated carbocycles. The molecular weight excluding hydrogens is 600 g/mol. The van der Waals surface area contributed by atoms with E-state index in [2.05, 4.69) is 4.98 Å². The minimum Gasteiger partial charge on any atom is -0.497 e. The summed E-state index contributed by atoms with van der Waals surface area (Å²) in [6.07, 6.45) is -1.61. The van der Waals surface area contributed by atoms with Gasteiger partial charge in [0.05, 0.1) is 26.9 Å². The molecule has 0 aliphatic carbocycles. The van der Waals surface area contributed by atoms with Gasteiger partial charge >= 0.3 is 5.69 Å². The Morgan fingerprint density at radius 1 is 0.830 bits per heavy atom. The molecule has 1 aliphatic rings. The average Bonchev–Trinajstić information content (AvgIpc) is 3.49. The zero-order chi connectivity index (χ0) is 33.0. The van der Waals surface area contributed by atoms with E-state index in [9.17, 15) is 19.5 Å². The highest BCUT2D eigenvalue weighted by Gasteiger charge is 2.42. The largest absolute Gasteiger partial charge is 0.497 e. The van der Waals surface area contributed by atoms with Gasteiger partial charge in [0.15, 0.2) is 5.78 Å². The van der Waals surface area contributed by atoms with Gasteiger partial charge in [-0.2, -0.15) is 0 Å². The number of methoxy groups -OCH3 is 2. The van der Waals surface area contributed by atoms with Crippen molar-refractivity contribution in [3.63, 3.8) is 0 Å². The van der Waals surface area contributed by atoms with Crippen molar-refractivity contribution >= 4 is 5.78 Å². The van der Waals surface area contributed by atoms with Crippen molar-refractivity contribution in [2.24, 2.45) is 0 Å². The number of ether oxygens (including phenoxy) is 4. The second-order valence-electron chi connectivity index (χ2n) is 11.2. The molecule has 5 aromatic rings. The molecule has 0 bridgehead atoms. The number of aliphatic hydroxyl groups is 1. The molecule has 1 saturated heterocycles. The summed E-state index contributed by atoms with van der Waals surface area (Å²) in [5.74, 6) is 0.823. The van der Waals surface area contributed by atoms with Crippen LogP contribution in [-0.4, -0.2) is 53.5 Å². The van der Waals surface area contributed by atoms with Crippen molar-refractivity contribution in [1.82, 2.24) is 9.55 Å². The topological polar surface area (TPSA) is 129 Å². The predicted molar refractivity (Wildman–Crippen MR) is 174 cm³/mol. The molecule has 10 heteroatoms. The SMILES string of the molecule is COc1ccc(C(OC[C@H]2O[C@@H](n3cc(C(=O)c4ccccc4)c(=O)[nH]c3=O)C[C@@H]2O)(c2ccccc2)c2ccc(OC)cc2)cc1. The molecule has 1 aliphatic heterocycles. The quantitative estimate of drug-likeness (QED) is 0.161. The normalized spacial score (nSPS) is 17.7. The molecule has 2 heterocycles. The van der Waals surface area contributed by atoms with Gasteiger partial charge in [-0.25, -0.2) is 4.79 Å². The van der Waals surface area contributed by atoms with E-state index >= 15 is 0 Å². The smallest absolute Gasteiger partial charge is 0.330 e. The molecule has 0 radical (unpaired) electrons. The fourth-order valence-corrected chi connectivity index (χ4v) is 5.92. The van der Waals surface area contributed by atoms with Gasteiger partial charge in [0.2, 0.25) is 0 Å². The van der Waals surface area contributed by atoms with E-state index in [1.54, 1.807) is 44.6 Å². The number of aromatic amines is 1. The maximum atomic E-state index is 13.1. The van der Waals surface area contributed by atoms with E-state index in [1.165, 1.54) is 6.20 Å². The van der Waals surface area contributed by atoms with Crippen LogP contribution in [0.5, 0.6) is 11.5 Å². The highest BCUT2D eigenvalue weighted by molar-refractivity contribution is 6.08. The maximum Gasteiger partial charge on any atom is 0.330 e. The fraction of sp³-hybridized carbons (Fsp3) is 0.216. The standard InChI is InChI=1S/C37H34N2O8/c1-44-28-17-13-26(14-18-28)37(25-11-7-4-8-12-25,27-15-19-29(45-2)20-16-27)46-23-32-31(40)21-33(47-32)39-22-30(35(42)38-36(39)43)34(41)24-9-5-3-6-10-24/h3-20,22,31-33,40H,21,23H2,1-2H3,(H,38,42,43)/t31-,32+,33+/m0/s1. The molecule has 47 heavy (non-hydrogen) atoms. The number of hydrogen-bond acceptors (Lipinski definition) is 8. The lowest BCUT2D eigenvalue weighted by molar-refractivity contribution is -0.0944. The zero-order valence-corrected chi connectivity index (χ0v) is 25.9. The molecule has 0 amide bonds. The minimum absolute atomic E-state index is 0.0301. The third-order valence-corrected chi connectivity index (χ3v) is 8.40. The Morgan fingerprint density at radius 3 is 1.91 bits per heavy atom. The van der Waals surface area contributed by atoms with Gasteiger partial charge in [0, 0.05) is 18.2 Å². The molecule has 10 nitrogen and oxygen atoms in total. The van der Waals surface area contributed by atoms with E-state index in [0.29, 0.717) is 17.1 Å². The number of H-pyrrole nitrogens is 1. The van der Waals surface area contributed by atoms with E-state index in [0.717, 1.165) is 21.3 Å².